The van der Waals surface area contributed by atoms with Gasteiger partial charge in [-0.25, -0.2) is 8.78 Å². The normalized spacial score (nSPS) is 26.1. The summed E-state index contributed by atoms with van der Waals surface area (Å²) in [6, 6.07) is 4.48. The molecule has 0 aliphatic carbocycles. The highest BCUT2D eigenvalue weighted by molar-refractivity contribution is 5.18. The van der Waals surface area contributed by atoms with Crippen molar-refractivity contribution in [1.29, 1.82) is 0 Å². The van der Waals surface area contributed by atoms with E-state index in [-0.39, 0.29) is 0 Å². The molecule has 2 unspecified atom stereocenters. The average Bonchev–Trinajstić information content (AvgIpc) is 2.22. The fourth-order valence-electron chi connectivity index (χ4n) is 2.39. The van der Waals surface area contributed by atoms with Crippen LogP contribution in [0.1, 0.15) is 19.4 Å². The lowest BCUT2D eigenvalue weighted by Gasteiger charge is -2.39. The van der Waals surface area contributed by atoms with Crippen molar-refractivity contribution in [3.05, 3.63) is 35.4 Å². The van der Waals surface area contributed by atoms with Crippen LogP contribution in [0.5, 0.6) is 0 Å². The number of hydrogen-bond acceptors (Lipinski definition) is 2. The van der Waals surface area contributed by atoms with E-state index in [1.54, 1.807) is 0 Å². The molecule has 1 heterocycles. The van der Waals surface area contributed by atoms with E-state index < -0.39 is 11.6 Å². The molecule has 1 N–H and O–H groups in total. The van der Waals surface area contributed by atoms with Crippen LogP contribution in [0, 0.1) is 11.6 Å². The van der Waals surface area contributed by atoms with Crippen molar-refractivity contribution in [1.82, 2.24) is 10.2 Å². The molecule has 2 nitrogen and oxygen atoms in total. The summed E-state index contributed by atoms with van der Waals surface area (Å²) in [5.74, 6) is -1.01. The molecule has 1 aliphatic heterocycles. The van der Waals surface area contributed by atoms with Crippen molar-refractivity contribution in [2.45, 2.75) is 32.5 Å². The maximum atomic E-state index is 13.1. The molecular weight excluding hydrogens is 222 g/mol. The van der Waals surface area contributed by atoms with Crippen LogP contribution in [0.25, 0.3) is 0 Å². The van der Waals surface area contributed by atoms with Crippen molar-refractivity contribution in [3.8, 4) is 0 Å². The molecule has 0 saturated carbocycles. The lowest BCUT2D eigenvalue weighted by molar-refractivity contribution is 0.108. The van der Waals surface area contributed by atoms with Gasteiger partial charge in [0.15, 0.2) is 0 Å². The molecule has 0 spiro atoms. The standard InChI is InChI=1S/C13H18F2N2/c1-9-6-16-7-10(2)17(9)8-11-3-12(14)5-13(15)4-11/h3-5,9-10,16H,6-8H2,1-2H3. The summed E-state index contributed by atoms with van der Waals surface area (Å²) in [6.45, 7) is 6.68. The predicted octanol–water partition coefficient (Wildman–Crippen LogP) is 2.15. The number of nitrogens with one attached hydrogen (secondary N) is 1. The molecule has 1 saturated heterocycles. The second-order valence-electron chi connectivity index (χ2n) is 4.81. The fraction of sp³-hybridized carbons (Fsp3) is 0.538. The summed E-state index contributed by atoms with van der Waals surface area (Å²) in [4.78, 5) is 2.27. The Labute approximate surface area is 101 Å². The molecule has 94 valence electrons. The first-order chi connectivity index (χ1) is 8.06. The van der Waals surface area contributed by atoms with Gasteiger partial charge in [-0.1, -0.05) is 0 Å². The van der Waals surface area contributed by atoms with Gasteiger partial charge in [-0.15, -0.1) is 0 Å². The minimum atomic E-state index is -0.504. The molecule has 0 radical (unpaired) electrons. The quantitative estimate of drug-likeness (QED) is 0.852. The Hall–Kier alpha value is -1.00. The maximum Gasteiger partial charge on any atom is 0.126 e. The zero-order valence-corrected chi connectivity index (χ0v) is 10.2. The minimum absolute atomic E-state index is 0.380. The molecule has 0 bridgehead atoms. The van der Waals surface area contributed by atoms with Gasteiger partial charge in [0.1, 0.15) is 11.6 Å². The van der Waals surface area contributed by atoms with Crippen LogP contribution in [-0.2, 0) is 6.54 Å². The van der Waals surface area contributed by atoms with E-state index in [0.29, 0.717) is 24.2 Å². The Kier molecular flexibility index (Phi) is 3.74. The van der Waals surface area contributed by atoms with Crippen molar-refractivity contribution in [3.63, 3.8) is 0 Å². The average molecular weight is 240 g/mol. The van der Waals surface area contributed by atoms with E-state index in [0.717, 1.165) is 19.2 Å². The van der Waals surface area contributed by atoms with Crippen LogP contribution in [-0.4, -0.2) is 30.1 Å². The molecular formula is C13H18F2N2. The van der Waals surface area contributed by atoms with Gasteiger partial charge < -0.3 is 5.32 Å². The number of halogens is 2. The van der Waals surface area contributed by atoms with Gasteiger partial charge in [-0.05, 0) is 31.5 Å². The van der Waals surface area contributed by atoms with E-state index in [2.05, 4.69) is 24.1 Å². The van der Waals surface area contributed by atoms with Gasteiger partial charge >= 0.3 is 0 Å². The Balaban J connectivity index is 2.13. The molecule has 17 heavy (non-hydrogen) atoms. The third-order valence-electron chi connectivity index (χ3n) is 3.30. The van der Waals surface area contributed by atoms with Gasteiger partial charge in [0, 0.05) is 37.8 Å². The van der Waals surface area contributed by atoms with Gasteiger partial charge in [0.25, 0.3) is 0 Å². The van der Waals surface area contributed by atoms with E-state index in [4.69, 9.17) is 0 Å². The lowest BCUT2D eigenvalue weighted by Crippen LogP contribution is -2.54. The third kappa shape index (κ3) is 3.01. The minimum Gasteiger partial charge on any atom is -0.314 e. The highest BCUT2D eigenvalue weighted by Gasteiger charge is 2.24. The van der Waals surface area contributed by atoms with Crippen molar-refractivity contribution in [2.75, 3.05) is 13.1 Å². The summed E-state index contributed by atoms with van der Waals surface area (Å²) >= 11 is 0. The Bertz CT molecular complexity index is 365. The van der Waals surface area contributed by atoms with Crippen LogP contribution in [0.3, 0.4) is 0 Å². The number of rotatable bonds is 2. The predicted molar refractivity (Wildman–Crippen MR) is 63.7 cm³/mol. The van der Waals surface area contributed by atoms with Gasteiger partial charge in [-0.2, -0.15) is 0 Å². The molecule has 1 fully saturated rings. The SMILES string of the molecule is CC1CNCC(C)N1Cc1cc(F)cc(F)c1. The van der Waals surface area contributed by atoms with Crippen LogP contribution in [0.4, 0.5) is 8.78 Å². The van der Waals surface area contributed by atoms with Crippen molar-refractivity contribution in [2.24, 2.45) is 0 Å². The van der Waals surface area contributed by atoms with Gasteiger partial charge in [0.05, 0.1) is 0 Å². The third-order valence-corrected chi connectivity index (χ3v) is 3.30. The summed E-state index contributed by atoms with van der Waals surface area (Å²) in [5, 5.41) is 3.33. The van der Waals surface area contributed by atoms with Gasteiger partial charge in [0.2, 0.25) is 0 Å². The number of nitrogens with zero attached hydrogens (tertiary/aromatic N) is 1. The maximum absolute atomic E-state index is 13.1. The highest BCUT2D eigenvalue weighted by Crippen LogP contribution is 2.16. The molecule has 2 atom stereocenters. The number of piperazine rings is 1. The zero-order chi connectivity index (χ0) is 12.4. The molecule has 1 aliphatic rings. The number of benzene rings is 1. The van der Waals surface area contributed by atoms with Crippen LogP contribution >= 0.6 is 0 Å². The molecule has 0 aromatic heterocycles. The van der Waals surface area contributed by atoms with E-state index >= 15 is 0 Å². The largest absolute Gasteiger partial charge is 0.314 e. The first kappa shape index (κ1) is 12.5. The van der Waals surface area contributed by atoms with E-state index in [1.807, 2.05) is 0 Å². The number of hydrogen-bond donors (Lipinski definition) is 1. The molecule has 1 aromatic rings. The highest BCUT2D eigenvalue weighted by atomic mass is 19.1. The van der Waals surface area contributed by atoms with Gasteiger partial charge in [-0.3, -0.25) is 4.90 Å². The summed E-state index contributed by atoms with van der Waals surface area (Å²) in [7, 11) is 0. The zero-order valence-electron chi connectivity index (χ0n) is 10.2. The summed E-state index contributed by atoms with van der Waals surface area (Å²) < 4.78 is 26.2. The Morgan fingerprint density at radius 2 is 1.65 bits per heavy atom. The van der Waals surface area contributed by atoms with Crippen LogP contribution < -0.4 is 5.32 Å². The first-order valence-corrected chi connectivity index (χ1v) is 5.97. The van der Waals surface area contributed by atoms with Crippen molar-refractivity contribution >= 4 is 0 Å². The lowest BCUT2D eigenvalue weighted by atomic mass is 10.1. The molecule has 2 rings (SSSR count). The first-order valence-electron chi connectivity index (χ1n) is 5.97. The fourth-order valence-corrected chi connectivity index (χ4v) is 2.39. The Morgan fingerprint density at radius 1 is 1.12 bits per heavy atom. The molecule has 1 aromatic carbocycles. The topological polar surface area (TPSA) is 15.3 Å². The van der Waals surface area contributed by atoms with E-state index in [1.165, 1.54) is 12.1 Å². The molecule has 4 heteroatoms. The molecule has 0 amide bonds. The van der Waals surface area contributed by atoms with E-state index in [9.17, 15) is 8.78 Å². The smallest absolute Gasteiger partial charge is 0.126 e. The second-order valence-corrected chi connectivity index (χ2v) is 4.81. The Morgan fingerprint density at radius 3 is 2.18 bits per heavy atom. The van der Waals surface area contributed by atoms with Crippen LogP contribution in [0.15, 0.2) is 18.2 Å². The van der Waals surface area contributed by atoms with Crippen LogP contribution in [0.2, 0.25) is 0 Å². The monoisotopic (exact) mass is 240 g/mol. The van der Waals surface area contributed by atoms with Crippen molar-refractivity contribution < 1.29 is 8.78 Å². The summed E-state index contributed by atoms with van der Waals surface area (Å²) in [5.41, 5.74) is 0.697. The second kappa shape index (κ2) is 5.10. The summed E-state index contributed by atoms with van der Waals surface area (Å²) in [6.07, 6.45) is 0.